The van der Waals surface area contributed by atoms with Crippen LogP contribution in [0.5, 0.6) is 0 Å². The van der Waals surface area contributed by atoms with E-state index in [9.17, 15) is 14.4 Å². The third-order valence-electron chi connectivity index (χ3n) is 5.05. The van der Waals surface area contributed by atoms with Gasteiger partial charge in [-0.2, -0.15) is 10.2 Å². The second-order valence-electron chi connectivity index (χ2n) is 6.75. The summed E-state index contributed by atoms with van der Waals surface area (Å²) in [6, 6.07) is 8.70. The highest BCUT2D eigenvalue weighted by Crippen LogP contribution is 2.17. The van der Waals surface area contributed by atoms with Gasteiger partial charge in [-0.3, -0.25) is 14.4 Å². The fourth-order valence-corrected chi connectivity index (χ4v) is 3.49. The van der Waals surface area contributed by atoms with Crippen molar-refractivity contribution in [3.05, 3.63) is 62.9 Å². The fourth-order valence-electron chi connectivity index (χ4n) is 3.49. The van der Waals surface area contributed by atoms with Crippen LogP contribution in [-0.4, -0.2) is 56.5 Å². The molecule has 1 aliphatic heterocycles. The standard InChI is InChI=1S/C19H20N6O3/c1-22-18(27)15(7-8-20-22)24-9-11-25(12-10-24)19(28)16-13-5-3-4-6-14(13)17(26)23(2)21-16/h3-8H,9-12H2,1-2H3. The molecular weight excluding hydrogens is 360 g/mol. The predicted molar refractivity (Wildman–Crippen MR) is 105 cm³/mol. The molecule has 1 aromatic carbocycles. The molecule has 28 heavy (non-hydrogen) atoms. The van der Waals surface area contributed by atoms with Gasteiger partial charge in [0.15, 0.2) is 5.69 Å². The number of carbonyl (C=O) groups is 1. The number of benzene rings is 1. The number of hydrogen-bond donors (Lipinski definition) is 0. The minimum Gasteiger partial charge on any atom is -0.363 e. The van der Waals surface area contributed by atoms with E-state index < -0.39 is 0 Å². The minimum absolute atomic E-state index is 0.159. The topological polar surface area (TPSA) is 93.3 Å². The number of aromatic nitrogens is 4. The summed E-state index contributed by atoms with van der Waals surface area (Å²) in [5, 5.41) is 9.19. The Morgan fingerprint density at radius 3 is 2.29 bits per heavy atom. The summed E-state index contributed by atoms with van der Waals surface area (Å²) in [6.07, 6.45) is 1.59. The van der Waals surface area contributed by atoms with Crippen molar-refractivity contribution in [2.75, 3.05) is 31.1 Å². The summed E-state index contributed by atoms with van der Waals surface area (Å²) >= 11 is 0. The number of hydrogen-bond acceptors (Lipinski definition) is 6. The Bertz CT molecular complexity index is 1170. The van der Waals surface area contributed by atoms with Crippen LogP contribution >= 0.6 is 0 Å². The molecule has 0 aliphatic carbocycles. The molecule has 144 valence electrons. The van der Waals surface area contributed by atoms with E-state index in [0.717, 1.165) is 0 Å². The van der Waals surface area contributed by atoms with Crippen LogP contribution in [0.15, 0.2) is 46.1 Å². The second-order valence-corrected chi connectivity index (χ2v) is 6.75. The van der Waals surface area contributed by atoms with Gasteiger partial charge in [0, 0.05) is 51.9 Å². The van der Waals surface area contributed by atoms with Gasteiger partial charge < -0.3 is 9.80 Å². The molecule has 0 saturated carbocycles. The minimum atomic E-state index is -0.231. The van der Waals surface area contributed by atoms with E-state index >= 15 is 0 Å². The number of aryl methyl sites for hydroxylation is 2. The highest BCUT2D eigenvalue weighted by atomic mass is 16.2. The largest absolute Gasteiger partial charge is 0.363 e. The zero-order valence-corrected chi connectivity index (χ0v) is 15.7. The van der Waals surface area contributed by atoms with E-state index in [1.165, 1.54) is 9.36 Å². The maximum absolute atomic E-state index is 13.1. The first-order valence-corrected chi connectivity index (χ1v) is 9.00. The molecule has 0 radical (unpaired) electrons. The van der Waals surface area contributed by atoms with Gasteiger partial charge in [-0.15, -0.1) is 0 Å². The van der Waals surface area contributed by atoms with Gasteiger partial charge in [-0.25, -0.2) is 9.36 Å². The van der Waals surface area contributed by atoms with E-state index in [-0.39, 0.29) is 22.7 Å². The quantitative estimate of drug-likeness (QED) is 0.621. The average Bonchev–Trinajstić information content (AvgIpc) is 2.72. The number of amides is 1. The van der Waals surface area contributed by atoms with E-state index in [0.29, 0.717) is 42.6 Å². The normalized spacial score (nSPS) is 14.5. The molecule has 9 heteroatoms. The van der Waals surface area contributed by atoms with Crippen LogP contribution in [0.1, 0.15) is 10.5 Å². The summed E-state index contributed by atoms with van der Waals surface area (Å²) in [4.78, 5) is 41.3. The molecule has 0 spiro atoms. The smallest absolute Gasteiger partial charge is 0.290 e. The van der Waals surface area contributed by atoms with E-state index in [2.05, 4.69) is 10.2 Å². The van der Waals surface area contributed by atoms with Gasteiger partial charge in [-0.1, -0.05) is 18.2 Å². The van der Waals surface area contributed by atoms with E-state index in [1.54, 1.807) is 55.5 Å². The Kier molecular flexibility index (Phi) is 4.42. The van der Waals surface area contributed by atoms with Crippen LogP contribution in [0.3, 0.4) is 0 Å². The van der Waals surface area contributed by atoms with Gasteiger partial charge >= 0.3 is 0 Å². The molecule has 3 aromatic rings. The van der Waals surface area contributed by atoms with Crippen molar-refractivity contribution in [3.8, 4) is 0 Å². The van der Waals surface area contributed by atoms with Crippen LogP contribution in [0.2, 0.25) is 0 Å². The molecule has 1 aliphatic rings. The van der Waals surface area contributed by atoms with Crippen molar-refractivity contribution in [1.82, 2.24) is 24.5 Å². The number of carbonyl (C=O) groups excluding carboxylic acids is 1. The van der Waals surface area contributed by atoms with Gasteiger partial charge in [0.2, 0.25) is 0 Å². The summed E-state index contributed by atoms with van der Waals surface area (Å²) in [5.41, 5.74) is 0.458. The highest BCUT2D eigenvalue weighted by Gasteiger charge is 2.26. The lowest BCUT2D eigenvalue weighted by Crippen LogP contribution is -2.50. The molecule has 0 unspecified atom stereocenters. The third-order valence-corrected chi connectivity index (χ3v) is 5.05. The lowest BCUT2D eigenvalue weighted by molar-refractivity contribution is 0.0740. The summed E-state index contributed by atoms with van der Waals surface area (Å²) in [7, 11) is 3.16. The monoisotopic (exact) mass is 380 g/mol. The number of piperazine rings is 1. The van der Waals surface area contributed by atoms with Crippen LogP contribution in [0.4, 0.5) is 5.69 Å². The summed E-state index contributed by atoms with van der Waals surface area (Å²) in [6.45, 7) is 2.00. The van der Waals surface area contributed by atoms with Gasteiger partial charge in [-0.05, 0) is 12.1 Å². The lowest BCUT2D eigenvalue weighted by Gasteiger charge is -2.35. The molecule has 4 rings (SSSR count). The summed E-state index contributed by atoms with van der Waals surface area (Å²) in [5.74, 6) is -0.214. The molecule has 0 N–H and O–H groups in total. The van der Waals surface area contributed by atoms with Crippen molar-refractivity contribution < 1.29 is 4.79 Å². The summed E-state index contributed by atoms with van der Waals surface area (Å²) < 4.78 is 2.50. The Balaban J connectivity index is 1.59. The van der Waals surface area contributed by atoms with Crippen LogP contribution in [0, 0.1) is 0 Å². The zero-order chi connectivity index (χ0) is 19.8. The first-order chi connectivity index (χ1) is 13.5. The molecule has 1 amide bonds. The van der Waals surface area contributed by atoms with E-state index in [4.69, 9.17) is 0 Å². The van der Waals surface area contributed by atoms with Crippen molar-refractivity contribution in [2.24, 2.45) is 14.1 Å². The van der Waals surface area contributed by atoms with Crippen LogP contribution < -0.4 is 16.0 Å². The zero-order valence-electron chi connectivity index (χ0n) is 15.7. The molecule has 2 aromatic heterocycles. The average molecular weight is 380 g/mol. The number of fused-ring (bicyclic) bond motifs is 1. The van der Waals surface area contributed by atoms with Gasteiger partial charge in [0.25, 0.3) is 17.0 Å². The molecule has 3 heterocycles. The molecule has 1 saturated heterocycles. The number of anilines is 1. The Hall–Kier alpha value is -3.49. The fraction of sp³-hybridized carbons (Fsp3) is 0.316. The third kappa shape index (κ3) is 2.94. The van der Waals surface area contributed by atoms with Crippen molar-refractivity contribution in [1.29, 1.82) is 0 Å². The highest BCUT2D eigenvalue weighted by molar-refractivity contribution is 6.04. The van der Waals surface area contributed by atoms with Gasteiger partial charge in [0.1, 0.15) is 5.69 Å². The Morgan fingerprint density at radius 1 is 0.893 bits per heavy atom. The molecule has 0 atom stereocenters. The maximum Gasteiger partial charge on any atom is 0.290 e. The predicted octanol–water partition coefficient (Wildman–Crippen LogP) is -0.0104. The SMILES string of the molecule is Cn1nccc(N2CCN(C(=O)c3nn(C)c(=O)c4ccccc34)CC2)c1=O. The Labute approximate surface area is 160 Å². The van der Waals surface area contributed by atoms with Crippen molar-refractivity contribution in [3.63, 3.8) is 0 Å². The van der Waals surface area contributed by atoms with Gasteiger partial charge in [0.05, 0.1) is 5.39 Å². The molecular formula is C19H20N6O3. The second kappa shape index (κ2) is 6.91. The Morgan fingerprint density at radius 2 is 1.57 bits per heavy atom. The van der Waals surface area contributed by atoms with Crippen molar-refractivity contribution >= 4 is 22.4 Å². The van der Waals surface area contributed by atoms with E-state index in [1.807, 2.05) is 4.90 Å². The molecule has 9 nitrogen and oxygen atoms in total. The number of nitrogens with zero attached hydrogens (tertiary/aromatic N) is 6. The van der Waals surface area contributed by atoms with Crippen LogP contribution in [0.25, 0.3) is 10.8 Å². The van der Waals surface area contributed by atoms with Crippen molar-refractivity contribution in [2.45, 2.75) is 0 Å². The lowest BCUT2D eigenvalue weighted by atomic mass is 10.1. The maximum atomic E-state index is 13.1. The molecule has 1 fully saturated rings. The first kappa shape index (κ1) is 17.9. The van der Waals surface area contributed by atoms with Crippen LogP contribution in [-0.2, 0) is 14.1 Å². The first-order valence-electron chi connectivity index (χ1n) is 9.00. The molecule has 0 bridgehead atoms. The number of rotatable bonds is 2.